The summed E-state index contributed by atoms with van der Waals surface area (Å²) in [5, 5.41) is 0. The van der Waals surface area contributed by atoms with Crippen LogP contribution in [0.15, 0.2) is 0 Å². The molecular formula is C11H22O4. The van der Waals surface area contributed by atoms with E-state index in [9.17, 15) is 0 Å². The number of ether oxygens (including phenoxy) is 4. The molecule has 1 aliphatic rings. The fourth-order valence-electron chi connectivity index (χ4n) is 2.14. The van der Waals surface area contributed by atoms with Gasteiger partial charge in [-0.1, -0.05) is 6.92 Å². The van der Waals surface area contributed by atoms with Crippen LogP contribution in [0.3, 0.4) is 0 Å². The van der Waals surface area contributed by atoms with Crippen LogP contribution >= 0.6 is 0 Å². The predicted octanol–water partition coefficient (Wildman–Crippen LogP) is 1.78. The van der Waals surface area contributed by atoms with E-state index in [-0.39, 0.29) is 12.6 Å². The van der Waals surface area contributed by atoms with E-state index in [0.29, 0.717) is 5.92 Å². The summed E-state index contributed by atoms with van der Waals surface area (Å²) in [7, 11) is 4.92. The van der Waals surface area contributed by atoms with Gasteiger partial charge in [0.2, 0.25) is 0 Å². The summed E-state index contributed by atoms with van der Waals surface area (Å²) in [5.41, 5.74) is -0.420. The van der Waals surface area contributed by atoms with Gasteiger partial charge in [0.05, 0.1) is 0 Å². The van der Waals surface area contributed by atoms with Crippen LogP contribution in [-0.4, -0.2) is 39.5 Å². The Morgan fingerprint density at radius 2 is 1.87 bits per heavy atom. The molecule has 0 spiro atoms. The maximum Gasteiger partial charge on any atom is 0.185 e. The zero-order valence-corrected chi connectivity index (χ0v) is 10.3. The third-order valence-corrected chi connectivity index (χ3v) is 3.11. The van der Waals surface area contributed by atoms with Crippen LogP contribution in [0.4, 0.5) is 0 Å². The van der Waals surface area contributed by atoms with Crippen molar-refractivity contribution >= 4 is 0 Å². The van der Waals surface area contributed by atoms with E-state index in [4.69, 9.17) is 18.9 Å². The van der Waals surface area contributed by atoms with Crippen LogP contribution < -0.4 is 0 Å². The molecule has 4 heteroatoms. The van der Waals surface area contributed by atoms with Crippen molar-refractivity contribution in [3.8, 4) is 0 Å². The zero-order chi connectivity index (χ0) is 11.5. The van der Waals surface area contributed by atoms with E-state index < -0.39 is 5.60 Å². The molecule has 15 heavy (non-hydrogen) atoms. The molecule has 0 aromatic heterocycles. The Bertz CT molecular complexity index is 193. The molecule has 0 N–H and O–H groups in total. The van der Waals surface area contributed by atoms with Gasteiger partial charge in [0.15, 0.2) is 12.6 Å². The Labute approximate surface area is 91.8 Å². The Kier molecular flexibility index (Phi) is 4.52. The molecule has 4 nitrogen and oxygen atoms in total. The van der Waals surface area contributed by atoms with Gasteiger partial charge in [-0.15, -0.1) is 0 Å². The largest absolute Gasteiger partial charge is 0.356 e. The van der Waals surface area contributed by atoms with Crippen molar-refractivity contribution in [2.75, 3.05) is 21.3 Å². The van der Waals surface area contributed by atoms with E-state index in [2.05, 4.69) is 6.92 Å². The van der Waals surface area contributed by atoms with E-state index in [1.165, 1.54) is 0 Å². The van der Waals surface area contributed by atoms with Crippen molar-refractivity contribution in [1.29, 1.82) is 0 Å². The van der Waals surface area contributed by atoms with Gasteiger partial charge in [0.1, 0.15) is 5.60 Å². The normalized spacial score (nSPS) is 37.2. The molecule has 0 aromatic rings. The Morgan fingerprint density at radius 1 is 1.27 bits per heavy atom. The van der Waals surface area contributed by atoms with E-state index in [1.807, 2.05) is 6.92 Å². The molecule has 90 valence electrons. The Hall–Kier alpha value is -0.160. The molecule has 0 bridgehead atoms. The van der Waals surface area contributed by atoms with Crippen molar-refractivity contribution in [2.45, 2.75) is 44.9 Å². The first-order chi connectivity index (χ1) is 7.07. The van der Waals surface area contributed by atoms with Crippen molar-refractivity contribution in [2.24, 2.45) is 5.92 Å². The van der Waals surface area contributed by atoms with Gasteiger partial charge in [0.25, 0.3) is 0 Å². The summed E-state index contributed by atoms with van der Waals surface area (Å²) in [6, 6.07) is 0. The van der Waals surface area contributed by atoms with Crippen LogP contribution in [0.1, 0.15) is 26.7 Å². The fourth-order valence-corrected chi connectivity index (χ4v) is 2.14. The lowest BCUT2D eigenvalue weighted by molar-refractivity contribution is -0.310. The van der Waals surface area contributed by atoms with Crippen LogP contribution in [-0.2, 0) is 18.9 Å². The molecule has 1 fully saturated rings. The SMILES string of the molecule is COC(OC)[C@]1(C)CC[C@H](C)[C@@H](OC)O1. The monoisotopic (exact) mass is 218 g/mol. The smallest absolute Gasteiger partial charge is 0.185 e. The van der Waals surface area contributed by atoms with E-state index in [0.717, 1.165) is 12.8 Å². The van der Waals surface area contributed by atoms with Crippen LogP contribution in [0.25, 0.3) is 0 Å². The van der Waals surface area contributed by atoms with Crippen molar-refractivity contribution in [3.05, 3.63) is 0 Å². The molecule has 1 saturated heterocycles. The molecule has 1 heterocycles. The summed E-state index contributed by atoms with van der Waals surface area (Å²) in [4.78, 5) is 0. The minimum atomic E-state index is -0.420. The quantitative estimate of drug-likeness (QED) is 0.674. The summed E-state index contributed by atoms with van der Waals surface area (Å²) >= 11 is 0. The second-order valence-corrected chi connectivity index (χ2v) is 4.35. The Morgan fingerprint density at radius 3 is 2.33 bits per heavy atom. The Balaban J connectivity index is 2.69. The van der Waals surface area contributed by atoms with Crippen molar-refractivity contribution in [1.82, 2.24) is 0 Å². The molecule has 0 aromatic carbocycles. The first kappa shape index (κ1) is 12.9. The molecule has 0 unspecified atom stereocenters. The summed E-state index contributed by atoms with van der Waals surface area (Å²) in [6.07, 6.45) is 1.46. The number of methoxy groups -OCH3 is 3. The topological polar surface area (TPSA) is 36.9 Å². The number of hydrogen-bond donors (Lipinski definition) is 0. The highest BCUT2D eigenvalue weighted by atomic mass is 16.7. The second kappa shape index (κ2) is 5.25. The predicted molar refractivity (Wildman–Crippen MR) is 56.5 cm³/mol. The van der Waals surface area contributed by atoms with Crippen LogP contribution in [0, 0.1) is 5.92 Å². The molecule has 1 rings (SSSR count). The molecule has 0 aliphatic carbocycles. The molecule has 0 saturated carbocycles. The first-order valence-corrected chi connectivity index (χ1v) is 5.33. The highest BCUT2D eigenvalue weighted by Gasteiger charge is 2.43. The summed E-state index contributed by atoms with van der Waals surface area (Å²) in [6.45, 7) is 4.13. The van der Waals surface area contributed by atoms with Crippen LogP contribution in [0.2, 0.25) is 0 Å². The van der Waals surface area contributed by atoms with Gasteiger partial charge in [-0.2, -0.15) is 0 Å². The van der Waals surface area contributed by atoms with E-state index >= 15 is 0 Å². The molecule has 3 atom stereocenters. The third-order valence-electron chi connectivity index (χ3n) is 3.11. The van der Waals surface area contributed by atoms with Gasteiger partial charge >= 0.3 is 0 Å². The lowest BCUT2D eigenvalue weighted by atomic mass is 9.89. The molecule has 1 aliphatic heterocycles. The van der Waals surface area contributed by atoms with Gasteiger partial charge in [-0.3, -0.25) is 0 Å². The minimum Gasteiger partial charge on any atom is -0.356 e. The van der Waals surface area contributed by atoms with Crippen molar-refractivity contribution in [3.63, 3.8) is 0 Å². The average molecular weight is 218 g/mol. The molecule has 0 radical (unpaired) electrons. The summed E-state index contributed by atoms with van der Waals surface area (Å²) < 4.78 is 21.7. The van der Waals surface area contributed by atoms with Gasteiger partial charge in [-0.05, 0) is 19.8 Å². The van der Waals surface area contributed by atoms with Crippen LogP contribution in [0.5, 0.6) is 0 Å². The maximum absolute atomic E-state index is 5.91. The lowest BCUT2D eigenvalue weighted by Crippen LogP contribution is -2.51. The highest BCUT2D eigenvalue weighted by Crippen LogP contribution is 2.35. The third kappa shape index (κ3) is 2.69. The average Bonchev–Trinajstić information content (AvgIpc) is 2.23. The molecule has 0 amide bonds. The van der Waals surface area contributed by atoms with Gasteiger partial charge in [0, 0.05) is 27.2 Å². The van der Waals surface area contributed by atoms with Gasteiger partial charge in [-0.25, -0.2) is 0 Å². The minimum absolute atomic E-state index is 0.170. The fraction of sp³-hybridized carbons (Fsp3) is 1.00. The zero-order valence-electron chi connectivity index (χ0n) is 10.3. The molecular weight excluding hydrogens is 196 g/mol. The van der Waals surface area contributed by atoms with E-state index in [1.54, 1.807) is 21.3 Å². The highest BCUT2D eigenvalue weighted by molar-refractivity contribution is 4.85. The standard InChI is InChI=1S/C11H22O4/c1-8-6-7-11(2,10(13-4)14-5)15-9(8)12-3/h8-10H,6-7H2,1-5H3/t8-,9-,11-/m0/s1. The second-order valence-electron chi connectivity index (χ2n) is 4.35. The summed E-state index contributed by atoms with van der Waals surface area (Å²) in [5.74, 6) is 0.414. The lowest BCUT2D eigenvalue weighted by Gasteiger charge is -2.44. The number of hydrogen-bond acceptors (Lipinski definition) is 4. The number of rotatable bonds is 4. The van der Waals surface area contributed by atoms with Crippen molar-refractivity contribution < 1.29 is 18.9 Å². The first-order valence-electron chi connectivity index (χ1n) is 5.33. The van der Waals surface area contributed by atoms with Gasteiger partial charge < -0.3 is 18.9 Å². The maximum atomic E-state index is 5.91.